The second kappa shape index (κ2) is 5.32. The van der Waals surface area contributed by atoms with Gasteiger partial charge in [-0.1, -0.05) is 51.1 Å². The second-order valence-electron chi connectivity index (χ2n) is 5.11. The van der Waals surface area contributed by atoms with Crippen molar-refractivity contribution in [3.8, 4) is 0 Å². The minimum atomic E-state index is 0.292. The Kier molecular flexibility index (Phi) is 4.34. The van der Waals surface area contributed by atoms with Crippen molar-refractivity contribution in [2.75, 3.05) is 13.7 Å². The Morgan fingerprint density at radius 2 is 1.73 bits per heavy atom. The van der Waals surface area contributed by atoms with Gasteiger partial charge >= 0.3 is 0 Å². The molecule has 1 aromatic rings. The van der Waals surface area contributed by atoms with Crippen molar-refractivity contribution in [1.82, 2.24) is 0 Å². The lowest BCUT2D eigenvalue weighted by Gasteiger charge is -2.31. The molecule has 1 nitrogen and oxygen atoms in total. The smallest absolute Gasteiger partial charge is 0.0468 e. The molecule has 1 atom stereocenters. The number of hydrogen-bond donors (Lipinski definition) is 0. The highest BCUT2D eigenvalue weighted by molar-refractivity contribution is 5.21. The monoisotopic (exact) mass is 206 g/mol. The van der Waals surface area contributed by atoms with Gasteiger partial charge in [-0.25, -0.2) is 0 Å². The van der Waals surface area contributed by atoms with Crippen LogP contribution in [-0.4, -0.2) is 13.7 Å². The average molecular weight is 206 g/mol. The minimum absolute atomic E-state index is 0.292. The van der Waals surface area contributed by atoms with Gasteiger partial charge in [0.05, 0.1) is 0 Å². The maximum absolute atomic E-state index is 5.19. The van der Waals surface area contributed by atoms with Crippen LogP contribution in [0.5, 0.6) is 0 Å². The van der Waals surface area contributed by atoms with E-state index in [-0.39, 0.29) is 0 Å². The van der Waals surface area contributed by atoms with E-state index in [0.717, 1.165) is 13.0 Å². The molecule has 0 fully saturated rings. The fraction of sp³-hybridized carbons (Fsp3) is 0.571. The molecule has 0 aliphatic heterocycles. The Morgan fingerprint density at radius 3 is 2.20 bits per heavy atom. The molecule has 0 aliphatic rings. The van der Waals surface area contributed by atoms with E-state index in [1.807, 2.05) is 0 Å². The standard InChI is InChI=1S/C14H22O/c1-14(2,3)13(10-11-15-4)12-8-6-5-7-9-12/h5-9,13H,10-11H2,1-4H3. The van der Waals surface area contributed by atoms with Crippen LogP contribution in [0.4, 0.5) is 0 Å². The summed E-state index contributed by atoms with van der Waals surface area (Å²) in [6.45, 7) is 7.71. The van der Waals surface area contributed by atoms with Gasteiger partial charge in [-0.05, 0) is 23.3 Å². The lowest BCUT2D eigenvalue weighted by molar-refractivity contribution is 0.165. The fourth-order valence-corrected chi connectivity index (χ4v) is 2.02. The topological polar surface area (TPSA) is 9.23 Å². The van der Waals surface area contributed by atoms with Crippen molar-refractivity contribution in [2.24, 2.45) is 5.41 Å². The molecule has 0 heterocycles. The second-order valence-corrected chi connectivity index (χ2v) is 5.11. The van der Waals surface area contributed by atoms with Crippen LogP contribution in [0.1, 0.15) is 38.7 Å². The minimum Gasteiger partial charge on any atom is -0.385 e. The normalized spacial score (nSPS) is 13.9. The number of benzene rings is 1. The zero-order chi connectivity index (χ0) is 11.3. The summed E-state index contributed by atoms with van der Waals surface area (Å²) in [6, 6.07) is 10.7. The number of methoxy groups -OCH3 is 1. The first-order valence-corrected chi connectivity index (χ1v) is 5.59. The molecule has 1 heteroatoms. The van der Waals surface area contributed by atoms with Crippen LogP contribution in [-0.2, 0) is 4.74 Å². The predicted molar refractivity (Wildman–Crippen MR) is 65.1 cm³/mol. The number of rotatable bonds is 4. The molecule has 84 valence electrons. The molecule has 1 unspecified atom stereocenters. The molecule has 0 aliphatic carbocycles. The maximum atomic E-state index is 5.19. The molecule has 0 N–H and O–H groups in total. The van der Waals surface area contributed by atoms with Gasteiger partial charge in [0, 0.05) is 13.7 Å². The van der Waals surface area contributed by atoms with Crippen LogP contribution in [0.3, 0.4) is 0 Å². The van der Waals surface area contributed by atoms with Gasteiger partial charge in [-0.2, -0.15) is 0 Å². The highest BCUT2D eigenvalue weighted by Crippen LogP contribution is 2.37. The van der Waals surface area contributed by atoms with Gasteiger partial charge in [0.15, 0.2) is 0 Å². The summed E-state index contributed by atoms with van der Waals surface area (Å²) in [5.41, 5.74) is 1.71. The SMILES string of the molecule is COCCC(c1ccccc1)C(C)(C)C. The summed E-state index contributed by atoms with van der Waals surface area (Å²) in [5.74, 6) is 0.568. The lowest BCUT2D eigenvalue weighted by Crippen LogP contribution is -2.19. The molecule has 0 saturated heterocycles. The van der Waals surface area contributed by atoms with Gasteiger partial charge in [0.25, 0.3) is 0 Å². The van der Waals surface area contributed by atoms with Crippen molar-refractivity contribution in [3.05, 3.63) is 35.9 Å². The maximum Gasteiger partial charge on any atom is 0.0468 e. The third kappa shape index (κ3) is 3.67. The molecule has 0 radical (unpaired) electrons. The van der Waals surface area contributed by atoms with Gasteiger partial charge in [-0.3, -0.25) is 0 Å². The van der Waals surface area contributed by atoms with Crippen molar-refractivity contribution in [3.63, 3.8) is 0 Å². The van der Waals surface area contributed by atoms with Crippen LogP contribution < -0.4 is 0 Å². The summed E-state index contributed by atoms with van der Waals surface area (Å²) in [7, 11) is 1.77. The summed E-state index contributed by atoms with van der Waals surface area (Å²) >= 11 is 0. The van der Waals surface area contributed by atoms with E-state index in [0.29, 0.717) is 11.3 Å². The Balaban J connectivity index is 2.82. The Morgan fingerprint density at radius 1 is 1.13 bits per heavy atom. The van der Waals surface area contributed by atoms with Crippen LogP contribution in [0, 0.1) is 5.41 Å². The summed E-state index contributed by atoms with van der Waals surface area (Å²) in [6.07, 6.45) is 1.09. The van der Waals surface area contributed by atoms with Crippen molar-refractivity contribution in [1.29, 1.82) is 0 Å². The fourth-order valence-electron chi connectivity index (χ4n) is 2.02. The van der Waals surface area contributed by atoms with Crippen molar-refractivity contribution in [2.45, 2.75) is 33.1 Å². The largest absolute Gasteiger partial charge is 0.385 e. The van der Waals surface area contributed by atoms with Crippen LogP contribution >= 0.6 is 0 Å². The van der Waals surface area contributed by atoms with E-state index in [1.54, 1.807) is 7.11 Å². The van der Waals surface area contributed by atoms with E-state index in [4.69, 9.17) is 4.74 Å². The average Bonchev–Trinajstić information content (AvgIpc) is 2.18. The Labute approximate surface area is 93.5 Å². The van der Waals surface area contributed by atoms with E-state index in [2.05, 4.69) is 51.1 Å². The van der Waals surface area contributed by atoms with Gasteiger partial charge < -0.3 is 4.74 Å². The lowest BCUT2D eigenvalue weighted by atomic mass is 9.75. The first kappa shape index (κ1) is 12.3. The first-order valence-electron chi connectivity index (χ1n) is 5.59. The number of hydrogen-bond acceptors (Lipinski definition) is 1. The van der Waals surface area contributed by atoms with Crippen LogP contribution in [0.25, 0.3) is 0 Å². The Bertz CT molecular complexity index is 271. The third-order valence-electron chi connectivity index (χ3n) is 2.86. The van der Waals surface area contributed by atoms with Gasteiger partial charge in [0.1, 0.15) is 0 Å². The molecular formula is C14H22O. The quantitative estimate of drug-likeness (QED) is 0.727. The molecule has 1 aromatic carbocycles. The van der Waals surface area contributed by atoms with E-state index in [9.17, 15) is 0 Å². The number of ether oxygens (including phenoxy) is 1. The molecule has 0 bridgehead atoms. The highest BCUT2D eigenvalue weighted by Gasteiger charge is 2.25. The Hall–Kier alpha value is -0.820. The predicted octanol–water partition coefficient (Wildman–Crippen LogP) is 3.85. The zero-order valence-electron chi connectivity index (χ0n) is 10.3. The molecule has 0 saturated carbocycles. The van der Waals surface area contributed by atoms with E-state index in [1.165, 1.54) is 5.56 Å². The van der Waals surface area contributed by atoms with E-state index < -0.39 is 0 Å². The summed E-state index contributed by atoms with van der Waals surface area (Å²) in [4.78, 5) is 0. The summed E-state index contributed by atoms with van der Waals surface area (Å²) in [5, 5.41) is 0. The molecule has 0 spiro atoms. The van der Waals surface area contributed by atoms with Crippen molar-refractivity contribution >= 4 is 0 Å². The van der Waals surface area contributed by atoms with Gasteiger partial charge in [0.2, 0.25) is 0 Å². The highest BCUT2D eigenvalue weighted by atomic mass is 16.5. The van der Waals surface area contributed by atoms with Gasteiger partial charge in [-0.15, -0.1) is 0 Å². The molecule has 0 amide bonds. The summed E-state index contributed by atoms with van der Waals surface area (Å²) < 4.78 is 5.19. The molecule has 1 rings (SSSR count). The van der Waals surface area contributed by atoms with Crippen LogP contribution in [0.2, 0.25) is 0 Å². The molecule has 15 heavy (non-hydrogen) atoms. The molecular weight excluding hydrogens is 184 g/mol. The third-order valence-corrected chi connectivity index (χ3v) is 2.86. The molecule has 0 aromatic heterocycles. The van der Waals surface area contributed by atoms with Crippen LogP contribution in [0.15, 0.2) is 30.3 Å². The zero-order valence-corrected chi connectivity index (χ0v) is 10.3. The van der Waals surface area contributed by atoms with Crippen molar-refractivity contribution < 1.29 is 4.74 Å². The first-order chi connectivity index (χ1) is 7.05. The van der Waals surface area contributed by atoms with E-state index >= 15 is 0 Å².